The third-order valence-electron chi connectivity index (χ3n) is 3.18. The molecule has 1 fully saturated rings. The Morgan fingerprint density at radius 3 is 3.00 bits per heavy atom. The molecule has 2 N–H and O–H groups in total. The Bertz CT molecular complexity index is 651. The maximum Gasteiger partial charge on any atom is 0.311 e. The molecule has 2 aromatic heterocycles. The number of hydrogen-bond donors (Lipinski definition) is 2. The topological polar surface area (TPSA) is 102 Å². The third kappa shape index (κ3) is 2.81. The number of ether oxygens (including phenoxy) is 1. The fourth-order valence-electron chi connectivity index (χ4n) is 2.07. The molecule has 21 heavy (non-hydrogen) atoms. The second-order valence-electron chi connectivity index (χ2n) is 4.58. The summed E-state index contributed by atoms with van der Waals surface area (Å²) in [5.41, 5.74) is 0.238. The number of nitrogens with one attached hydrogen (secondary N) is 1. The fourth-order valence-corrected chi connectivity index (χ4v) is 2.84. The molecular weight excluding hydrogens is 296 g/mol. The number of rotatable bonds is 4. The van der Waals surface area contributed by atoms with Crippen LogP contribution in [-0.2, 0) is 9.53 Å². The summed E-state index contributed by atoms with van der Waals surface area (Å²) < 4.78 is 10.3. The van der Waals surface area contributed by atoms with E-state index in [1.54, 1.807) is 17.5 Å². The van der Waals surface area contributed by atoms with Crippen molar-refractivity contribution < 1.29 is 23.8 Å². The van der Waals surface area contributed by atoms with Crippen LogP contribution in [0, 0.1) is 5.92 Å². The number of hydrogen-bond acceptors (Lipinski definition) is 6. The van der Waals surface area contributed by atoms with E-state index in [0.29, 0.717) is 10.8 Å². The van der Waals surface area contributed by atoms with Crippen molar-refractivity contribution in [3.05, 3.63) is 29.5 Å². The predicted molar refractivity (Wildman–Crippen MR) is 73.0 cm³/mol. The summed E-state index contributed by atoms with van der Waals surface area (Å²) in [6, 6.07) is 2.96. The molecular formula is C13H12N2O5S. The van der Waals surface area contributed by atoms with Gasteiger partial charge < -0.3 is 19.6 Å². The smallest absolute Gasteiger partial charge is 0.311 e. The Balaban J connectivity index is 1.70. The van der Waals surface area contributed by atoms with E-state index in [0.717, 1.165) is 0 Å². The molecule has 8 heteroatoms. The minimum absolute atomic E-state index is 0.106. The van der Waals surface area contributed by atoms with Gasteiger partial charge in [0.2, 0.25) is 0 Å². The zero-order chi connectivity index (χ0) is 14.8. The maximum absolute atomic E-state index is 12.1. The number of carbonyl (C=O) groups is 2. The molecule has 1 aliphatic rings. The fraction of sp³-hybridized carbons (Fsp3) is 0.308. The van der Waals surface area contributed by atoms with Gasteiger partial charge in [0.1, 0.15) is 11.6 Å². The molecule has 1 aliphatic heterocycles. The van der Waals surface area contributed by atoms with E-state index in [4.69, 9.17) is 14.3 Å². The Morgan fingerprint density at radius 1 is 1.43 bits per heavy atom. The van der Waals surface area contributed by atoms with Crippen LogP contribution in [0.3, 0.4) is 0 Å². The molecule has 0 bridgehead atoms. The van der Waals surface area contributed by atoms with Crippen LogP contribution in [0.1, 0.15) is 10.5 Å². The van der Waals surface area contributed by atoms with Crippen molar-refractivity contribution in [2.75, 3.05) is 13.2 Å². The molecule has 2 unspecified atom stereocenters. The quantitative estimate of drug-likeness (QED) is 0.881. The molecule has 1 amide bonds. The number of carbonyl (C=O) groups excluding carboxylic acids is 1. The first kappa shape index (κ1) is 13.8. The number of carboxylic acids is 1. The molecule has 0 saturated carbocycles. The number of aliphatic carboxylic acids is 1. The highest BCUT2D eigenvalue weighted by atomic mass is 32.1. The van der Waals surface area contributed by atoms with Gasteiger partial charge in [-0.05, 0) is 12.1 Å². The van der Waals surface area contributed by atoms with E-state index in [9.17, 15) is 9.59 Å². The number of furan rings is 1. The van der Waals surface area contributed by atoms with Crippen LogP contribution in [0.4, 0.5) is 0 Å². The summed E-state index contributed by atoms with van der Waals surface area (Å²) in [4.78, 5) is 27.3. The Hall–Kier alpha value is -2.19. The van der Waals surface area contributed by atoms with Crippen molar-refractivity contribution in [1.82, 2.24) is 10.3 Å². The highest BCUT2D eigenvalue weighted by Gasteiger charge is 2.35. The lowest BCUT2D eigenvalue weighted by molar-refractivity contribution is -0.142. The van der Waals surface area contributed by atoms with Gasteiger partial charge in [-0.25, -0.2) is 4.98 Å². The van der Waals surface area contributed by atoms with Crippen LogP contribution >= 0.6 is 11.3 Å². The number of nitrogens with zero attached hydrogens (tertiary/aromatic N) is 1. The van der Waals surface area contributed by atoms with E-state index in [2.05, 4.69) is 10.3 Å². The van der Waals surface area contributed by atoms with Crippen LogP contribution in [0.5, 0.6) is 0 Å². The van der Waals surface area contributed by atoms with Crippen molar-refractivity contribution in [2.24, 2.45) is 5.92 Å². The van der Waals surface area contributed by atoms with Crippen LogP contribution in [0.25, 0.3) is 10.8 Å². The lowest BCUT2D eigenvalue weighted by atomic mass is 10.0. The molecule has 0 aromatic carbocycles. The van der Waals surface area contributed by atoms with Gasteiger partial charge in [0.05, 0.1) is 25.5 Å². The van der Waals surface area contributed by atoms with Gasteiger partial charge in [0.15, 0.2) is 10.8 Å². The van der Waals surface area contributed by atoms with E-state index in [-0.39, 0.29) is 18.9 Å². The lowest BCUT2D eigenvalue weighted by Crippen LogP contribution is -2.42. The molecule has 0 spiro atoms. The minimum Gasteiger partial charge on any atom is -0.481 e. The van der Waals surface area contributed by atoms with Crippen molar-refractivity contribution in [1.29, 1.82) is 0 Å². The number of aromatic nitrogens is 1. The minimum atomic E-state index is -0.979. The van der Waals surface area contributed by atoms with Gasteiger partial charge in [-0.1, -0.05) is 0 Å². The molecule has 2 atom stereocenters. The van der Waals surface area contributed by atoms with Crippen LogP contribution < -0.4 is 5.32 Å². The molecule has 3 rings (SSSR count). The molecule has 3 heterocycles. The summed E-state index contributed by atoms with van der Waals surface area (Å²) in [7, 11) is 0. The van der Waals surface area contributed by atoms with Gasteiger partial charge in [-0.2, -0.15) is 0 Å². The second kappa shape index (κ2) is 5.66. The van der Waals surface area contributed by atoms with Crippen molar-refractivity contribution >= 4 is 23.2 Å². The largest absolute Gasteiger partial charge is 0.481 e. The molecule has 1 saturated heterocycles. The van der Waals surface area contributed by atoms with E-state index in [1.165, 1.54) is 17.6 Å². The first-order valence-electron chi connectivity index (χ1n) is 6.26. The second-order valence-corrected chi connectivity index (χ2v) is 5.44. The summed E-state index contributed by atoms with van der Waals surface area (Å²) in [6.45, 7) is 0.298. The van der Waals surface area contributed by atoms with Gasteiger partial charge in [-0.15, -0.1) is 11.3 Å². The Morgan fingerprint density at radius 2 is 2.29 bits per heavy atom. The number of thiazole rings is 1. The van der Waals surface area contributed by atoms with E-state index in [1.807, 2.05) is 0 Å². The highest BCUT2D eigenvalue weighted by Crippen LogP contribution is 2.24. The van der Waals surface area contributed by atoms with Gasteiger partial charge in [0.25, 0.3) is 5.91 Å². The van der Waals surface area contributed by atoms with Crippen molar-refractivity contribution in [2.45, 2.75) is 6.04 Å². The zero-order valence-corrected chi connectivity index (χ0v) is 11.6. The molecule has 110 valence electrons. The molecule has 7 nitrogen and oxygen atoms in total. The average molecular weight is 308 g/mol. The van der Waals surface area contributed by atoms with Gasteiger partial charge in [-0.3, -0.25) is 9.59 Å². The van der Waals surface area contributed by atoms with Crippen LogP contribution in [0.2, 0.25) is 0 Å². The monoisotopic (exact) mass is 308 g/mol. The van der Waals surface area contributed by atoms with Crippen molar-refractivity contribution in [3.8, 4) is 10.8 Å². The normalized spacial score (nSPS) is 21.3. The molecule has 0 radical (unpaired) electrons. The SMILES string of the molecule is O=C(NC1COCC1C(=O)O)c1csc(-c2ccco2)n1. The Labute approximate surface area is 123 Å². The zero-order valence-electron chi connectivity index (χ0n) is 10.8. The number of amides is 1. The number of carboxylic acid groups (broad SMARTS) is 1. The molecule has 0 aliphatic carbocycles. The van der Waals surface area contributed by atoms with Crippen molar-refractivity contribution in [3.63, 3.8) is 0 Å². The maximum atomic E-state index is 12.1. The summed E-state index contributed by atoms with van der Waals surface area (Å²) in [5.74, 6) is -1.53. The Kier molecular flexibility index (Phi) is 3.72. The summed E-state index contributed by atoms with van der Waals surface area (Å²) in [5, 5.41) is 13.9. The van der Waals surface area contributed by atoms with E-state index < -0.39 is 23.8 Å². The highest BCUT2D eigenvalue weighted by molar-refractivity contribution is 7.13. The standard InChI is InChI=1S/C13H12N2O5S/c16-11(14-8-5-19-4-7(8)13(17)18)9-6-21-12(15-9)10-2-1-3-20-10/h1-3,6-8H,4-5H2,(H,14,16)(H,17,18). The third-order valence-corrected chi connectivity index (χ3v) is 4.04. The van der Waals surface area contributed by atoms with Gasteiger partial charge in [0, 0.05) is 5.38 Å². The first-order chi connectivity index (χ1) is 10.1. The van der Waals surface area contributed by atoms with Crippen LogP contribution in [-0.4, -0.2) is 41.2 Å². The molecule has 2 aromatic rings. The first-order valence-corrected chi connectivity index (χ1v) is 7.14. The van der Waals surface area contributed by atoms with Crippen LogP contribution in [0.15, 0.2) is 28.2 Å². The summed E-state index contributed by atoms with van der Waals surface area (Å²) >= 11 is 1.29. The average Bonchev–Trinajstić information content (AvgIpc) is 3.19. The lowest BCUT2D eigenvalue weighted by Gasteiger charge is -2.14. The predicted octanol–water partition coefficient (Wildman–Crippen LogP) is 1.23. The summed E-state index contributed by atoms with van der Waals surface area (Å²) in [6.07, 6.45) is 1.53. The van der Waals surface area contributed by atoms with E-state index >= 15 is 0 Å². The van der Waals surface area contributed by atoms with Gasteiger partial charge >= 0.3 is 5.97 Å².